The first-order valence-corrected chi connectivity index (χ1v) is 9.23. The molecule has 2 heterocycles. The Morgan fingerprint density at radius 3 is 2.75 bits per heavy atom. The van der Waals surface area contributed by atoms with E-state index in [2.05, 4.69) is 4.98 Å². The van der Waals surface area contributed by atoms with Crippen molar-refractivity contribution in [2.24, 2.45) is 0 Å². The molecule has 1 atom stereocenters. The zero-order chi connectivity index (χ0) is 20.3. The van der Waals surface area contributed by atoms with E-state index in [1.54, 1.807) is 7.05 Å². The lowest BCUT2D eigenvalue weighted by Crippen LogP contribution is -2.35. The SMILES string of the molecule is C[C@H](c1nc2ccccc2s1)N(C)C(=O)COC(=O)Cn1ccc(=O)[nH]c1=O. The number of fused-ring (bicyclic) bond motifs is 1. The highest BCUT2D eigenvalue weighted by atomic mass is 32.1. The molecule has 0 spiro atoms. The van der Waals surface area contributed by atoms with Crippen LogP contribution in [0.5, 0.6) is 0 Å². The van der Waals surface area contributed by atoms with Crippen LogP contribution in [0.25, 0.3) is 10.2 Å². The molecule has 0 radical (unpaired) electrons. The van der Waals surface area contributed by atoms with E-state index in [1.165, 1.54) is 22.4 Å². The van der Waals surface area contributed by atoms with Gasteiger partial charge in [-0.1, -0.05) is 12.1 Å². The molecule has 0 bridgehead atoms. The van der Waals surface area contributed by atoms with Gasteiger partial charge < -0.3 is 9.64 Å². The van der Waals surface area contributed by atoms with Gasteiger partial charge in [-0.05, 0) is 19.1 Å². The van der Waals surface area contributed by atoms with Crippen LogP contribution in [0.15, 0.2) is 46.1 Å². The highest BCUT2D eigenvalue weighted by molar-refractivity contribution is 7.18. The molecule has 28 heavy (non-hydrogen) atoms. The Labute approximate surface area is 163 Å². The lowest BCUT2D eigenvalue weighted by Gasteiger charge is -2.23. The molecule has 3 rings (SSSR count). The van der Waals surface area contributed by atoms with Gasteiger partial charge in [-0.15, -0.1) is 11.3 Å². The van der Waals surface area contributed by atoms with Crippen LogP contribution in [0.3, 0.4) is 0 Å². The molecule has 0 aliphatic rings. The maximum atomic E-state index is 12.4. The first kappa shape index (κ1) is 19.5. The van der Waals surface area contributed by atoms with E-state index in [0.717, 1.165) is 25.9 Å². The monoisotopic (exact) mass is 402 g/mol. The predicted octanol–water partition coefficient (Wildman–Crippen LogP) is 0.909. The first-order chi connectivity index (χ1) is 13.3. The van der Waals surface area contributed by atoms with Crippen LogP contribution in [-0.4, -0.2) is 45.0 Å². The molecular formula is C18H18N4O5S. The zero-order valence-electron chi connectivity index (χ0n) is 15.2. The number of H-pyrrole nitrogens is 1. The number of aromatic amines is 1. The molecule has 1 aromatic carbocycles. The van der Waals surface area contributed by atoms with E-state index < -0.39 is 36.3 Å². The molecule has 0 aliphatic heterocycles. The summed E-state index contributed by atoms with van der Waals surface area (Å²) in [6.07, 6.45) is 1.19. The second kappa shape index (κ2) is 8.17. The smallest absolute Gasteiger partial charge is 0.328 e. The van der Waals surface area contributed by atoms with Crippen molar-refractivity contribution in [1.29, 1.82) is 0 Å². The topological polar surface area (TPSA) is 114 Å². The number of nitrogens with zero attached hydrogens (tertiary/aromatic N) is 3. The number of carbonyl (C=O) groups is 2. The van der Waals surface area contributed by atoms with Crippen LogP contribution >= 0.6 is 11.3 Å². The lowest BCUT2D eigenvalue weighted by molar-refractivity contribution is -0.152. The quantitative estimate of drug-likeness (QED) is 0.613. The fraction of sp³-hybridized carbons (Fsp3) is 0.278. The molecule has 0 saturated carbocycles. The van der Waals surface area contributed by atoms with Gasteiger partial charge in [0.05, 0.1) is 16.3 Å². The fourth-order valence-corrected chi connectivity index (χ4v) is 3.51. The Bertz CT molecular complexity index is 1100. The van der Waals surface area contributed by atoms with Crippen molar-refractivity contribution in [3.63, 3.8) is 0 Å². The molecule has 0 fully saturated rings. The summed E-state index contributed by atoms with van der Waals surface area (Å²) in [7, 11) is 1.61. The third-order valence-electron chi connectivity index (χ3n) is 4.20. The highest BCUT2D eigenvalue weighted by Gasteiger charge is 2.21. The minimum Gasteiger partial charge on any atom is -0.454 e. The number of carbonyl (C=O) groups excluding carboxylic acids is 2. The van der Waals surface area contributed by atoms with E-state index in [9.17, 15) is 19.2 Å². The van der Waals surface area contributed by atoms with Gasteiger partial charge in [0.25, 0.3) is 11.5 Å². The van der Waals surface area contributed by atoms with Crippen LogP contribution in [0.1, 0.15) is 18.0 Å². The van der Waals surface area contributed by atoms with Crippen LogP contribution in [0.2, 0.25) is 0 Å². The molecule has 0 aliphatic carbocycles. The van der Waals surface area contributed by atoms with Gasteiger partial charge in [0.1, 0.15) is 11.6 Å². The van der Waals surface area contributed by atoms with Crippen molar-refractivity contribution in [3.05, 3.63) is 62.4 Å². The van der Waals surface area contributed by atoms with Gasteiger partial charge in [0.15, 0.2) is 6.61 Å². The van der Waals surface area contributed by atoms with Crippen molar-refractivity contribution >= 4 is 33.4 Å². The van der Waals surface area contributed by atoms with Crippen molar-refractivity contribution in [3.8, 4) is 0 Å². The van der Waals surface area contributed by atoms with Crippen molar-refractivity contribution in [2.45, 2.75) is 19.5 Å². The van der Waals surface area contributed by atoms with E-state index >= 15 is 0 Å². The van der Waals surface area contributed by atoms with Gasteiger partial charge >= 0.3 is 11.7 Å². The van der Waals surface area contributed by atoms with Gasteiger partial charge in [-0.2, -0.15) is 0 Å². The van der Waals surface area contributed by atoms with Gasteiger partial charge in [-0.3, -0.25) is 23.9 Å². The molecule has 1 amide bonds. The minimum absolute atomic E-state index is 0.287. The number of thiazole rings is 1. The Balaban J connectivity index is 1.58. The van der Waals surface area contributed by atoms with Crippen LogP contribution < -0.4 is 11.2 Å². The number of hydrogen-bond donors (Lipinski definition) is 1. The van der Waals surface area contributed by atoms with Gasteiger partial charge in [-0.25, -0.2) is 9.78 Å². The normalized spacial score (nSPS) is 11.9. The van der Waals surface area contributed by atoms with Crippen molar-refractivity contribution in [1.82, 2.24) is 19.4 Å². The number of para-hydroxylation sites is 1. The minimum atomic E-state index is -0.761. The number of amides is 1. The second-order valence-corrected chi connectivity index (χ2v) is 7.16. The summed E-state index contributed by atoms with van der Waals surface area (Å²) in [6, 6.07) is 8.53. The van der Waals surface area contributed by atoms with E-state index in [4.69, 9.17) is 4.74 Å². The van der Waals surface area contributed by atoms with E-state index in [-0.39, 0.29) is 6.04 Å². The fourth-order valence-electron chi connectivity index (χ4n) is 2.45. The average Bonchev–Trinajstić information content (AvgIpc) is 3.11. The second-order valence-electron chi connectivity index (χ2n) is 6.10. The maximum Gasteiger partial charge on any atom is 0.328 e. The Morgan fingerprint density at radius 2 is 2.04 bits per heavy atom. The Kier molecular flexibility index (Phi) is 5.69. The summed E-state index contributed by atoms with van der Waals surface area (Å²) in [4.78, 5) is 54.8. The molecule has 0 unspecified atom stereocenters. The number of ether oxygens (including phenoxy) is 1. The standard InChI is InChI=1S/C18H18N4O5S/c1-11(17-19-12-5-3-4-6-13(12)28-17)21(2)15(24)10-27-16(25)9-22-8-7-14(23)20-18(22)26/h3-8,11H,9-10H2,1-2H3,(H,20,23,26)/t11-/m1/s1. The third kappa shape index (κ3) is 4.34. The molecule has 1 N–H and O–H groups in total. The molecule has 10 heteroatoms. The number of hydrogen-bond acceptors (Lipinski definition) is 7. The summed E-state index contributed by atoms with van der Waals surface area (Å²) < 4.78 is 6.98. The zero-order valence-corrected chi connectivity index (χ0v) is 16.1. The van der Waals surface area contributed by atoms with Crippen LogP contribution in [-0.2, 0) is 20.9 Å². The van der Waals surface area contributed by atoms with Crippen molar-refractivity contribution < 1.29 is 14.3 Å². The molecule has 9 nitrogen and oxygen atoms in total. The Morgan fingerprint density at radius 1 is 1.29 bits per heavy atom. The molecule has 3 aromatic rings. The highest BCUT2D eigenvalue weighted by Crippen LogP contribution is 2.28. The van der Waals surface area contributed by atoms with Crippen LogP contribution in [0.4, 0.5) is 0 Å². The van der Waals surface area contributed by atoms with Gasteiger partial charge in [0.2, 0.25) is 0 Å². The number of rotatable bonds is 6. The molecular weight excluding hydrogens is 384 g/mol. The van der Waals surface area contributed by atoms with E-state index in [0.29, 0.717) is 0 Å². The lowest BCUT2D eigenvalue weighted by atomic mass is 10.3. The molecule has 2 aromatic heterocycles. The van der Waals surface area contributed by atoms with Crippen molar-refractivity contribution in [2.75, 3.05) is 13.7 Å². The maximum absolute atomic E-state index is 12.4. The third-order valence-corrected chi connectivity index (χ3v) is 5.40. The molecule has 0 saturated heterocycles. The largest absolute Gasteiger partial charge is 0.454 e. The summed E-state index contributed by atoms with van der Waals surface area (Å²) in [5.74, 6) is -1.16. The summed E-state index contributed by atoms with van der Waals surface area (Å²) in [6.45, 7) is 0.986. The number of likely N-dealkylation sites (N-methyl/N-ethyl adjacent to an activating group) is 1. The predicted molar refractivity (Wildman–Crippen MR) is 103 cm³/mol. The van der Waals surface area contributed by atoms with E-state index in [1.807, 2.05) is 36.2 Å². The summed E-state index contributed by atoms with van der Waals surface area (Å²) in [5.41, 5.74) is -0.416. The van der Waals surface area contributed by atoms with Crippen LogP contribution in [0, 0.1) is 0 Å². The Hall–Kier alpha value is -3.27. The van der Waals surface area contributed by atoms with Gasteiger partial charge in [0, 0.05) is 19.3 Å². The number of nitrogens with one attached hydrogen (secondary N) is 1. The number of esters is 1. The summed E-state index contributed by atoms with van der Waals surface area (Å²) in [5, 5.41) is 0.781. The first-order valence-electron chi connectivity index (χ1n) is 8.41. The number of aromatic nitrogens is 3. The summed E-state index contributed by atoms with van der Waals surface area (Å²) >= 11 is 1.50. The molecule has 146 valence electrons. The average molecular weight is 402 g/mol. The number of benzene rings is 1.